The van der Waals surface area contributed by atoms with Crippen LogP contribution in [0.2, 0.25) is 0 Å². The molecule has 2 heterocycles. The summed E-state index contributed by atoms with van der Waals surface area (Å²) in [7, 11) is 3.17. The minimum Gasteiger partial charge on any atom is -0.497 e. The molecule has 1 amide bonds. The molecule has 2 aromatic rings. The maximum Gasteiger partial charge on any atom is 0.251 e. The van der Waals surface area contributed by atoms with Gasteiger partial charge in [-0.05, 0) is 60.5 Å². The summed E-state index contributed by atoms with van der Waals surface area (Å²) in [5, 5.41) is 7.38. The van der Waals surface area contributed by atoms with Gasteiger partial charge in [0.25, 0.3) is 5.91 Å². The zero-order valence-electron chi connectivity index (χ0n) is 15.4. The van der Waals surface area contributed by atoms with Gasteiger partial charge in [-0.3, -0.25) is 9.69 Å². The monoisotopic (exact) mass is 374 g/mol. The van der Waals surface area contributed by atoms with Gasteiger partial charge in [-0.1, -0.05) is 6.42 Å². The average Bonchev–Trinajstić information content (AvgIpc) is 3.22. The minimum absolute atomic E-state index is 0.112. The van der Waals surface area contributed by atoms with Crippen LogP contribution < -0.4 is 14.8 Å². The molecule has 1 aliphatic heterocycles. The molecule has 0 saturated carbocycles. The van der Waals surface area contributed by atoms with Crippen molar-refractivity contribution in [1.82, 2.24) is 10.2 Å². The van der Waals surface area contributed by atoms with E-state index in [4.69, 9.17) is 9.47 Å². The Balaban J connectivity index is 1.71. The molecule has 140 valence electrons. The topological polar surface area (TPSA) is 50.8 Å². The third-order valence-electron chi connectivity index (χ3n) is 4.83. The maximum absolute atomic E-state index is 12.7. The van der Waals surface area contributed by atoms with Crippen LogP contribution >= 0.6 is 11.3 Å². The summed E-state index contributed by atoms with van der Waals surface area (Å²) in [6, 6.07) is 7.61. The summed E-state index contributed by atoms with van der Waals surface area (Å²) < 4.78 is 10.5. The zero-order valence-corrected chi connectivity index (χ0v) is 16.2. The standard InChI is InChI=1S/C20H26N2O3S/c1-24-17-10-16(11-18(12-17)25-2)20(23)21-13-19(15-6-9-26-14-15)22-7-4-3-5-8-22/h6,9-12,14,19H,3-5,7-8,13H2,1-2H3,(H,21,23). The van der Waals surface area contributed by atoms with Gasteiger partial charge in [0.05, 0.1) is 20.3 Å². The van der Waals surface area contributed by atoms with Gasteiger partial charge in [-0.25, -0.2) is 0 Å². The lowest BCUT2D eigenvalue weighted by Gasteiger charge is -2.34. The quantitative estimate of drug-likeness (QED) is 0.802. The first-order valence-electron chi connectivity index (χ1n) is 8.98. The van der Waals surface area contributed by atoms with E-state index in [1.807, 2.05) is 0 Å². The Morgan fingerprint density at radius 1 is 1.15 bits per heavy atom. The predicted molar refractivity (Wildman–Crippen MR) is 104 cm³/mol. The fourth-order valence-corrected chi connectivity index (χ4v) is 4.09. The number of nitrogens with one attached hydrogen (secondary N) is 1. The van der Waals surface area contributed by atoms with Crippen LogP contribution in [0.25, 0.3) is 0 Å². The highest BCUT2D eigenvalue weighted by atomic mass is 32.1. The molecule has 3 rings (SSSR count). The molecule has 1 unspecified atom stereocenters. The molecular formula is C20H26N2O3S. The van der Waals surface area contributed by atoms with Gasteiger partial charge >= 0.3 is 0 Å². The molecular weight excluding hydrogens is 348 g/mol. The van der Waals surface area contributed by atoms with E-state index >= 15 is 0 Å². The van der Waals surface area contributed by atoms with Crippen LogP contribution in [-0.2, 0) is 0 Å². The molecule has 0 radical (unpaired) electrons. The molecule has 1 atom stereocenters. The molecule has 0 spiro atoms. The van der Waals surface area contributed by atoms with Crippen molar-refractivity contribution in [3.05, 3.63) is 46.2 Å². The number of likely N-dealkylation sites (tertiary alicyclic amines) is 1. The Bertz CT molecular complexity index is 690. The summed E-state index contributed by atoms with van der Waals surface area (Å²) in [4.78, 5) is 15.2. The molecule has 26 heavy (non-hydrogen) atoms. The van der Waals surface area contributed by atoms with Crippen LogP contribution in [0, 0.1) is 0 Å². The summed E-state index contributed by atoms with van der Waals surface area (Å²) in [5.74, 6) is 1.11. The van der Waals surface area contributed by atoms with E-state index in [0.717, 1.165) is 13.1 Å². The molecule has 1 aromatic heterocycles. The second-order valence-electron chi connectivity index (χ2n) is 6.48. The van der Waals surface area contributed by atoms with Crippen LogP contribution in [0.5, 0.6) is 11.5 Å². The summed E-state index contributed by atoms with van der Waals surface area (Å²) in [6.45, 7) is 2.77. The Kier molecular flexibility index (Phi) is 6.52. The third kappa shape index (κ3) is 4.56. The van der Waals surface area contributed by atoms with Gasteiger partial charge in [0, 0.05) is 18.2 Å². The number of rotatable bonds is 7. The normalized spacial score (nSPS) is 16.1. The van der Waals surface area contributed by atoms with E-state index in [0.29, 0.717) is 23.6 Å². The van der Waals surface area contributed by atoms with Crippen molar-refractivity contribution in [2.45, 2.75) is 25.3 Å². The molecule has 6 heteroatoms. The molecule has 0 aliphatic carbocycles. The van der Waals surface area contributed by atoms with Crippen LogP contribution in [0.15, 0.2) is 35.0 Å². The van der Waals surface area contributed by atoms with Gasteiger partial charge in [-0.15, -0.1) is 0 Å². The number of carbonyl (C=O) groups is 1. The number of hydrogen-bond donors (Lipinski definition) is 1. The highest BCUT2D eigenvalue weighted by Crippen LogP contribution is 2.26. The van der Waals surface area contributed by atoms with Crippen molar-refractivity contribution >= 4 is 17.2 Å². The van der Waals surface area contributed by atoms with E-state index in [9.17, 15) is 4.79 Å². The first-order chi connectivity index (χ1) is 12.7. The molecule has 1 aliphatic rings. The van der Waals surface area contributed by atoms with Crippen LogP contribution in [0.3, 0.4) is 0 Å². The fraction of sp³-hybridized carbons (Fsp3) is 0.450. The van der Waals surface area contributed by atoms with E-state index in [-0.39, 0.29) is 11.9 Å². The molecule has 5 nitrogen and oxygen atoms in total. The third-order valence-corrected chi connectivity index (χ3v) is 5.53. The van der Waals surface area contributed by atoms with Crippen LogP contribution in [0.4, 0.5) is 0 Å². The lowest BCUT2D eigenvalue weighted by atomic mass is 10.0. The van der Waals surface area contributed by atoms with Gasteiger partial charge in [0.15, 0.2) is 0 Å². The van der Waals surface area contributed by atoms with Gasteiger partial charge in [-0.2, -0.15) is 11.3 Å². The molecule has 1 fully saturated rings. The van der Waals surface area contributed by atoms with Crippen molar-refractivity contribution in [2.24, 2.45) is 0 Å². The largest absolute Gasteiger partial charge is 0.497 e. The average molecular weight is 375 g/mol. The Labute approximate surface area is 158 Å². The van der Waals surface area contributed by atoms with Crippen molar-refractivity contribution < 1.29 is 14.3 Å². The van der Waals surface area contributed by atoms with Crippen molar-refractivity contribution in [3.63, 3.8) is 0 Å². The second-order valence-corrected chi connectivity index (χ2v) is 7.26. The lowest BCUT2D eigenvalue weighted by Crippen LogP contribution is -2.40. The highest BCUT2D eigenvalue weighted by molar-refractivity contribution is 7.07. The second kappa shape index (κ2) is 9.05. The summed E-state index contributed by atoms with van der Waals surface area (Å²) in [6.07, 6.45) is 3.74. The Hall–Kier alpha value is -2.05. The van der Waals surface area contributed by atoms with Gasteiger partial charge in [0.1, 0.15) is 11.5 Å². The molecule has 1 N–H and O–H groups in total. The summed E-state index contributed by atoms with van der Waals surface area (Å²) in [5.41, 5.74) is 1.82. The number of ether oxygens (including phenoxy) is 2. The van der Waals surface area contributed by atoms with E-state index in [1.54, 1.807) is 43.8 Å². The number of thiophene rings is 1. The zero-order chi connectivity index (χ0) is 18.4. The number of hydrogen-bond acceptors (Lipinski definition) is 5. The fourth-order valence-electron chi connectivity index (χ4n) is 3.38. The number of amides is 1. The SMILES string of the molecule is COc1cc(OC)cc(C(=O)NCC(c2ccsc2)N2CCCCC2)c1. The molecule has 1 saturated heterocycles. The maximum atomic E-state index is 12.7. The van der Waals surface area contributed by atoms with Gasteiger partial charge in [0.2, 0.25) is 0 Å². The first-order valence-corrected chi connectivity index (χ1v) is 9.93. The number of carbonyl (C=O) groups excluding carboxylic acids is 1. The van der Waals surface area contributed by atoms with Crippen LogP contribution in [0.1, 0.15) is 41.2 Å². The van der Waals surface area contributed by atoms with Crippen molar-refractivity contribution in [1.29, 1.82) is 0 Å². The number of piperidine rings is 1. The van der Waals surface area contributed by atoms with E-state index in [2.05, 4.69) is 27.0 Å². The smallest absolute Gasteiger partial charge is 0.251 e. The van der Waals surface area contributed by atoms with E-state index in [1.165, 1.54) is 24.8 Å². The number of methoxy groups -OCH3 is 2. The molecule has 0 bridgehead atoms. The minimum atomic E-state index is -0.112. The van der Waals surface area contributed by atoms with Crippen molar-refractivity contribution in [3.8, 4) is 11.5 Å². The molecule has 1 aromatic carbocycles. The summed E-state index contributed by atoms with van der Waals surface area (Å²) >= 11 is 1.70. The first kappa shape index (κ1) is 18.7. The van der Waals surface area contributed by atoms with E-state index < -0.39 is 0 Å². The Morgan fingerprint density at radius 3 is 2.42 bits per heavy atom. The predicted octanol–water partition coefficient (Wildman–Crippen LogP) is 3.72. The highest BCUT2D eigenvalue weighted by Gasteiger charge is 2.23. The van der Waals surface area contributed by atoms with Crippen molar-refractivity contribution in [2.75, 3.05) is 33.9 Å². The number of benzene rings is 1. The van der Waals surface area contributed by atoms with Gasteiger partial charge < -0.3 is 14.8 Å². The van der Waals surface area contributed by atoms with Crippen LogP contribution in [-0.4, -0.2) is 44.7 Å². The Morgan fingerprint density at radius 2 is 1.85 bits per heavy atom. The lowest BCUT2D eigenvalue weighted by molar-refractivity contribution is 0.0924. The number of nitrogens with zero attached hydrogens (tertiary/aromatic N) is 1.